The number of guanidine groups is 1. The molecule has 1 aliphatic heterocycles. The minimum atomic E-state index is 0.803. The number of nitrogens with zero attached hydrogens (tertiary/aromatic N) is 2. The van der Waals surface area contributed by atoms with Crippen LogP contribution in [0.4, 0.5) is 0 Å². The van der Waals surface area contributed by atoms with Crippen LogP contribution in [0.2, 0.25) is 0 Å². The number of hydrogen-bond acceptors (Lipinski definition) is 2. The van der Waals surface area contributed by atoms with Gasteiger partial charge in [-0.2, -0.15) is 0 Å². The van der Waals surface area contributed by atoms with Gasteiger partial charge in [0.05, 0.1) is 0 Å². The van der Waals surface area contributed by atoms with Crippen LogP contribution < -0.4 is 11.2 Å². The van der Waals surface area contributed by atoms with Gasteiger partial charge in [-0.1, -0.05) is 0 Å². The van der Waals surface area contributed by atoms with Gasteiger partial charge in [-0.25, -0.2) is 0 Å². The number of nitrogens with one attached hydrogen (secondary N) is 1. The van der Waals surface area contributed by atoms with E-state index in [0.29, 0.717) is 0 Å². The molecule has 0 aromatic heterocycles. The molecule has 1 heterocycles. The Labute approximate surface area is 61.1 Å². The van der Waals surface area contributed by atoms with Gasteiger partial charge in [-0.3, -0.25) is 0 Å². The lowest BCUT2D eigenvalue weighted by molar-refractivity contribution is 0.499. The predicted octanol–water partition coefficient (Wildman–Crippen LogP) is -0.469. The van der Waals surface area contributed by atoms with Crippen LogP contribution in [0.25, 0.3) is 0 Å². The molecule has 0 unspecified atom stereocenters. The summed E-state index contributed by atoms with van der Waals surface area (Å²) in [5.74, 6) is 5.95. The highest BCUT2D eigenvalue weighted by Gasteiger charge is 2.13. The third-order valence-corrected chi connectivity index (χ3v) is 1.75. The molecule has 0 aromatic rings. The molecule has 1 aliphatic rings. The summed E-state index contributed by atoms with van der Waals surface area (Å²) < 4.78 is 0. The van der Waals surface area contributed by atoms with E-state index in [1.165, 1.54) is 12.8 Å². The van der Waals surface area contributed by atoms with Crippen molar-refractivity contribution in [3.05, 3.63) is 0 Å². The Morgan fingerprint density at radius 3 is 2.50 bits per heavy atom. The van der Waals surface area contributed by atoms with Gasteiger partial charge in [0.1, 0.15) is 0 Å². The summed E-state index contributed by atoms with van der Waals surface area (Å²) in [7, 11) is 1.84. The van der Waals surface area contributed by atoms with Gasteiger partial charge in [0, 0.05) is 20.1 Å². The van der Waals surface area contributed by atoms with Crippen LogP contribution in [-0.4, -0.2) is 31.0 Å². The van der Waals surface area contributed by atoms with E-state index >= 15 is 0 Å². The summed E-state index contributed by atoms with van der Waals surface area (Å²) in [6, 6.07) is 0. The minimum absolute atomic E-state index is 0.803. The fourth-order valence-corrected chi connectivity index (χ4v) is 1.23. The molecule has 4 heteroatoms. The van der Waals surface area contributed by atoms with E-state index in [1.54, 1.807) is 0 Å². The van der Waals surface area contributed by atoms with Gasteiger partial charge < -0.3 is 16.1 Å². The third kappa shape index (κ3) is 1.32. The molecule has 0 radical (unpaired) electrons. The maximum atomic E-state index is 5.15. The maximum Gasteiger partial charge on any atom is 0.215 e. The summed E-state index contributed by atoms with van der Waals surface area (Å²) >= 11 is 0. The van der Waals surface area contributed by atoms with Crippen LogP contribution in [0, 0.1) is 0 Å². The van der Waals surface area contributed by atoms with E-state index in [4.69, 9.17) is 5.84 Å². The van der Waals surface area contributed by atoms with Crippen LogP contribution in [0.1, 0.15) is 12.8 Å². The van der Waals surface area contributed by atoms with Gasteiger partial charge in [0.2, 0.25) is 5.96 Å². The lowest BCUT2D eigenvalue weighted by Gasteiger charge is -2.17. The molecule has 1 rings (SSSR count). The van der Waals surface area contributed by atoms with Crippen molar-refractivity contribution in [2.75, 3.05) is 20.1 Å². The quantitative estimate of drug-likeness (QED) is 0.208. The molecule has 0 spiro atoms. The van der Waals surface area contributed by atoms with Gasteiger partial charge in [-0.15, -0.1) is 5.10 Å². The van der Waals surface area contributed by atoms with Crippen LogP contribution in [0.15, 0.2) is 5.10 Å². The Morgan fingerprint density at radius 2 is 2.10 bits per heavy atom. The number of likely N-dealkylation sites (tertiary alicyclic amines) is 1. The Balaban J connectivity index is 2.45. The second-order valence-electron chi connectivity index (χ2n) is 2.40. The van der Waals surface area contributed by atoms with Crippen LogP contribution in [0.3, 0.4) is 0 Å². The summed E-state index contributed by atoms with van der Waals surface area (Å²) in [5, 5.41) is 6.56. The Hall–Kier alpha value is -0.930. The second-order valence-corrected chi connectivity index (χ2v) is 2.40. The number of nitrogens with two attached hydrogens (primary N) is 1. The molecule has 0 aliphatic carbocycles. The summed E-state index contributed by atoms with van der Waals surface area (Å²) in [5.41, 5.74) is 0. The van der Waals surface area contributed by atoms with Crippen molar-refractivity contribution >= 4 is 5.96 Å². The maximum absolute atomic E-state index is 5.15. The van der Waals surface area contributed by atoms with Crippen molar-refractivity contribution < 1.29 is 0 Å². The highest BCUT2D eigenvalue weighted by molar-refractivity contribution is 5.79. The number of hydrazone groups is 1. The standard InChI is InChI=1S/C6H14N4/c1-8-6(9-7)10-4-2-3-5-10/h2-5,7H2,1H3,(H,8,9). The highest BCUT2D eigenvalue weighted by Crippen LogP contribution is 2.06. The Morgan fingerprint density at radius 1 is 1.50 bits per heavy atom. The van der Waals surface area contributed by atoms with E-state index in [-0.39, 0.29) is 0 Å². The van der Waals surface area contributed by atoms with Crippen molar-refractivity contribution in [2.24, 2.45) is 10.9 Å². The van der Waals surface area contributed by atoms with E-state index in [1.807, 2.05) is 7.05 Å². The molecule has 0 amide bonds. The van der Waals surface area contributed by atoms with E-state index < -0.39 is 0 Å². The molecule has 10 heavy (non-hydrogen) atoms. The van der Waals surface area contributed by atoms with Crippen LogP contribution in [0.5, 0.6) is 0 Å². The molecule has 1 saturated heterocycles. The van der Waals surface area contributed by atoms with E-state index in [2.05, 4.69) is 15.3 Å². The molecule has 0 bridgehead atoms. The zero-order chi connectivity index (χ0) is 7.40. The normalized spacial score (nSPS) is 19.7. The lowest BCUT2D eigenvalue weighted by Crippen LogP contribution is -2.38. The minimum Gasteiger partial charge on any atom is -0.358 e. The first kappa shape index (κ1) is 7.18. The zero-order valence-electron chi connectivity index (χ0n) is 6.30. The smallest absolute Gasteiger partial charge is 0.215 e. The Bertz CT molecular complexity index is 126. The van der Waals surface area contributed by atoms with Gasteiger partial charge in [-0.05, 0) is 12.8 Å². The molecule has 58 valence electrons. The first-order chi connectivity index (χ1) is 4.88. The molecular weight excluding hydrogens is 128 g/mol. The van der Waals surface area contributed by atoms with Crippen molar-refractivity contribution in [3.8, 4) is 0 Å². The SMILES string of the molecule is CN/C(=N/N)N1CCCC1. The van der Waals surface area contributed by atoms with Gasteiger partial charge in [0.15, 0.2) is 0 Å². The first-order valence-electron chi connectivity index (χ1n) is 3.59. The lowest BCUT2D eigenvalue weighted by atomic mass is 10.4. The second kappa shape index (κ2) is 3.29. The third-order valence-electron chi connectivity index (χ3n) is 1.75. The first-order valence-corrected chi connectivity index (χ1v) is 3.59. The largest absolute Gasteiger partial charge is 0.358 e. The van der Waals surface area contributed by atoms with Crippen LogP contribution >= 0.6 is 0 Å². The molecule has 3 N–H and O–H groups in total. The zero-order valence-corrected chi connectivity index (χ0v) is 6.30. The summed E-state index contributed by atoms with van der Waals surface area (Å²) in [6.45, 7) is 2.16. The molecular formula is C6H14N4. The van der Waals surface area contributed by atoms with Gasteiger partial charge >= 0.3 is 0 Å². The predicted molar refractivity (Wildman–Crippen MR) is 41.5 cm³/mol. The fraction of sp³-hybridized carbons (Fsp3) is 0.833. The molecule has 0 saturated carbocycles. The van der Waals surface area contributed by atoms with Crippen molar-refractivity contribution in [1.29, 1.82) is 0 Å². The molecule has 0 atom stereocenters. The van der Waals surface area contributed by atoms with E-state index in [0.717, 1.165) is 19.0 Å². The van der Waals surface area contributed by atoms with Crippen molar-refractivity contribution in [1.82, 2.24) is 10.2 Å². The number of rotatable bonds is 0. The molecule has 1 fully saturated rings. The molecule has 4 nitrogen and oxygen atoms in total. The summed E-state index contributed by atoms with van der Waals surface area (Å²) in [4.78, 5) is 2.15. The average molecular weight is 142 g/mol. The van der Waals surface area contributed by atoms with Crippen molar-refractivity contribution in [2.45, 2.75) is 12.8 Å². The molecule has 0 aromatic carbocycles. The number of hydrogen-bond donors (Lipinski definition) is 2. The highest BCUT2D eigenvalue weighted by atomic mass is 15.4. The fourth-order valence-electron chi connectivity index (χ4n) is 1.23. The average Bonchev–Trinajstić information content (AvgIpc) is 2.43. The topological polar surface area (TPSA) is 53.6 Å². The van der Waals surface area contributed by atoms with Crippen LogP contribution in [-0.2, 0) is 0 Å². The van der Waals surface area contributed by atoms with E-state index in [9.17, 15) is 0 Å². The van der Waals surface area contributed by atoms with Gasteiger partial charge in [0.25, 0.3) is 0 Å². The summed E-state index contributed by atoms with van der Waals surface area (Å²) in [6.07, 6.45) is 2.50. The monoisotopic (exact) mass is 142 g/mol. The Kier molecular flexibility index (Phi) is 2.36. The van der Waals surface area contributed by atoms with Crippen molar-refractivity contribution in [3.63, 3.8) is 0 Å².